The Morgan fingerprint density at radius 2 is 1.79 bits per heavy atom. The molecule has 0 unspecified atom stereocenters. The molecule has 0 bridgehead atoms. The van der Waals surface area contributed by atoms with E-state index >= 15 is 0 Å². The highest BCUT2D eigenvalue weighted by atomic mass is 16.3. The predicted molar refractivity (Wildman–Crippen MR) is 76.6 cm³/mol. The van der Waals surface area contributed by atoms with Crippen molar-refractivity contribution in [3.63, 3.8) is 0 Å². The first-order valence-electron chi connectivity index (χ1n) is 7.91. The van der Waals surface area contributed by atoms with E-state index < -0.39 is 11.0 Å². The summed E-state index contributed by atoms with van der Waals surface area (Å²) in [5.41, 5.74) is -1.22. The molecule has 1 heterocycles. The molecule has 3 heteroatoms. The highest BCUT2D eigenvalue weighted by Crippen LogP contribution is 2.50. The van der Waals surface area contributed by atoms with Crippen molar-refractivity contribution in [2.24, 2.45) is 11.3 Å². The summed E-state index contributed by atoms with van der Waals surface area (Å²) >= 11 is 0. The largest absolute Gasteiger partial charge is 0.388 e. The molecule has 2 rings (SSSR count). The summed E-state index contributed by atoms with van der Waals surface area (Å²) in [5.74, 6) is 0.713. The third kappa shape index (κ3) is 2.80. The molecule has 1 N–H and O–H groups in total. The third-order valence-corrected chi connectivity index (χ3v) is 5.46. The van der Waals surface area contributed by atoms with Crippen LogP contribution in [0.25, 0.3) is 0 Å². The molecule has 1 aliphatic carbocycles. The van der Waals surface area contributed by atoms with Gasteiger partial charge in [-0.2, -0.15) is 5.26 Å². The molecule has 2 fully saturated rings. The van der Waals surface area contributed by atoms with E-state index in [-0.39, 0.29) is 0 Å². The number of rotatable bonds is 3. The molecule has 1 aliphatic heterocycles. The molecule has 0 aromatic rings. The lowest BCUT2D eigenvalue weighted by molar-refractivity contribution is -0.113. The van der Waals surface area contributed by atoms with E-state index in [0.29, 0.717) is 5.92 Å². The summed E-state index contributed by atoms with van der Waals surface area (Å²) in [7, 11) is 0. The maximum atomic E-state index is 11.1. The number of aliphatic hydroxyl groups is 1. The molecular formula is C16H28N2O. The van der Waals surface area contributed by atoms with Crippen molar-refractivity contribution >= 4 is 0 Å². The number of piperidine rings is 1. The molecule has 0 aromatic heterocycles. The highest BCUT2D eigenvalue weighted by Gasteiger charge is 2.52. The lowest BCUT2D eigenvalue weighted by atomic mass is 9.59. The van der Waals surface area contributed by atoms with Crippen LogP contribution >= 0.6 is 0 Å². The van der Waals surface area contributed by atoms with Crippen LogP contribution in [0, 0.1) is 22.7 Å². The van der Waals surface area contributed by atoms with Crippen LogP contribution in [0.1, 0.15) is 58.8 Å². The highest BCUT2D eigenvalue weighted by molar-refractivity contribution is 5.14. The Hall–Kier alpha value is -0.590. The lowest BCUT2D eigenvalue weighted by Gasteiger charge is -2.50. The smallest absolute Gasteiger partial charge is 0.0861 e. The second kappa shape index (κ2) is 5.81. The van der Waals surface area contributed by atoms with Crippen LogP contribution in [0.5, 0.6) is 0 Å². The first-order valence-corrected chi connectivity index (χ1v) is 7.91. The van der Waals surface area contributed by atoms with E-state index in [9.17, 15) is 10.4 Å². The van der Waals surface area contributed by atoms with Crippen LogP contribution in [-0.2, 0) is 0 Å². The third-order valence-electron chi connectivity index (χ3n) is 5.46. The summed E-state index contributed by atoms with van der Waals surface area (Å²) in [6, 6.07) is 2.53. The minimum Gasteiger partial charge on any atom is -0.388 e. The maximum absolute atomic E-state index is 11.1. The topological polar surface area (TPSA) is 47.3 Å². The average molecular weight is 264 g/mol. The Labute approximate surface area is 117 Å². The lowest BCUT2D eigenvalue weighted by Crippen LogP contribution is -2.55. The van der Waals surface area contributed by atoms with Gasteiger partial charge in [0.15, 0.2) is 0 Å². The van der Waals surface area contributed by atoms with E-state index in [0.717, 1.165) is 58.2 Å². The van der Waals surface area contributed by atoms with Crippen LogP contribution < -0.4 is 0 Å². The number of nitriles is 1. The first-order chi connectivity index (χ1) is 9.05. The molecule has 0 radical (unpaired) electrons. The second-order valence-corrected chi connectivity index (χ2v) is 6.75. The van der Waals surface area contributed by atoms with Gasteiger partial charge in [-0.3, -0.25) is 0 Å². The molecule has 19 heavy (non-hydrogen) atoms. The van der Waals surface area contributed by atoms with Gasteiger partial charge in [-0.1, -0.05) is 13.8 Å². The standard InChI is InChI=1S/C16H28N2O/c1-3-10-18-11-8-16(19,9-12-18)15(13-17)6-4-14(2)5-7-15/h14,19H,3-12H2,1-2H3. The van der Waals surface area contributed by atoms with Gasteiger partial charge in [-0.05, 0) is 57.4 Å². The van der Waals surface area contributed by atoms with Crippen molar-refractivity contribution in [2.75, 3.05) is 19.6 Å². The van der Waals surface area contributed by atoms with Crippen molar-refractivity contribution in [1.29, 1.82) is 5.26 Å². The van der Waals surface area contributed by atoms with E-state index in [1.807, 2.05) is 0 Å². The summed E-state index contributed by atoms with van der Waals surface area (Å²) in [4.78, 5) is 2.42. The van der Waals surface area contributed by atoms with Gasteiger partial charge < -0.3 is 10.0 Å². The normalized spacial score (nSPS) is 35.8. The summed E-state index contributed by atoms with van der Waals surface area (Å²) in [6.45, 7) is 7.47. The van der Waals surface area contributed by atoms with Crippen molar-refractivity contribution in [2.45, 2.75) is 64.4 Å². The van der Waals surface area contributed by atoms with Crippen molar-refractivity contribution in [3.8, 4) is 6.07 Å². The second-order valence-electron chi connectivity index (χ2n) is 6.75. The van der Waals surface area contributed by atoms with Gasteiger partial charge in [0.1, 0.15) is 0 Å². The van der Waals surface area contributed by atoms with Gasteiger partial charge in [-0.15, -0.1) is 0 Å². The molecule has 108 valence electrons. The SMILES string of the molecule is CCCN1CCC(O)(C2(C#N)CCC(C)CC2)CC1. The summed E-state index contributed by atoms with van der Waals surface area (Å²) in [6.07, 6.45) is 6.66. The summed E-state index contributed by atoms with van der Waals surface area (Å²) in [5, 5.41) is 20.8. The molecule has 1 saturated carbocycles. The molecule has 1 saturated heterocycles. The van der Waals surface area contributed by atoms with Gasteiger partial charge >= 0.3 is 0 Å². The van der Waals surface area contributed by atoms with Crippen LogP contribution in [0.15, 0.2) is 0 Å². The Bertz CT molecular complexity index is 331. The fourth-order valence-electron chi connectivity index (χ4n) is 3.88. The van der Waals surface area contributed by atoms with Gasteiger partial charge in [0, 0.05) is 13.1 Å². The number of hydrogen-bond donors (Lipinski definition) is 1. The monoisotopic (exact) mass is 264 g/mol. The van der Waals surface area contributed by atoms with Crippen LogP contribution in [0.2, 0.25) is 0 Å². The number of nitrogens with zero attached hydrogens (tertiary/aromatic N) is 2. The molecular weight excluding hydrogens is 236 g/mol. The van der Waals surface area contributed by atoms with Crippen LogP contribution in [-0.4, -0.2) is 35.2 Å². The minimum absolute atomic E-state index is 0.474. The van der Waals surface area contributed by atoms with E-state index in [4.69, 9.17) is 0 Å². The molecule has 0 atom stereocenters. The Morgan fingerprint density at radius 3 is 2.26 bits per heavy atom. The average Bonchev–Trinajstić information content (AvgIpc) is 2.43. The van der Waals surface area contributed by atoms with Crippen LogP contribution in [0.4, 0.5) is 0 Å². The van der Waals surface area contributed by atoms with E-state index in [1.54, 1.807) is 0 Å². The number of likely N-dealkylation sites (tertiary alicyclic amines) is 1. The van der Waals surface area contributed by atoms with Crippen LogP contribution in [0.3, 0.4) is 0 Å². The van der Waals surface area contributed by atoms with Gasteiger partial charge in [0.2, 0.25) is 0 Å². The quantitative estimate of drug-likeness (QED) is 0.852. The van der Waals surface area contributed by atoms with Gasteiger partial charge in [-0.25, -0.2) is 0 Å². The Kier molecular flexibility index (Phi) is 4.53. The van der Waals surface area contributed by atoms with E-state index in [2.05, 4.69) is 24.8 Å². The Balaban J connectivity index is 2.05. The van der Waals surface area contributed by atoms with Gasteiger partial charge in [0.05, 0.1) is 17.1 Å². The fourth-order valence-corrected chi connectivity index (χ4v) is 3.88. The van der Waals surface area contributed by atoms with Crippen molar-refractivity contribution in [1.82, 2.24) is 4.90 Å². The Morgan fingerprint density at radius 1 is 1.21 bits per heavy atom. The predicted octanol–water partition coefficient (Wildman–Crippen LogP) is 2.94. The maximum Gasteiger partial charge on any atom is 0.0861 e. The van der Waals surface area contributed by atoms with Crippen molar-refractivity contribution < 1.29 is 5.11 Å². The zero-order valence-electron chi connectivity index (χ0n) is 12.5. The zero-order valence-corrected chi connectivity index (χ0v) is 12.5. The first kappa shape index (κ1) is 14.8. The molecule has 3 nitrogen and oxygen atoms in total. The van der Waals surface area contributed by atoms with Crippen molar-refractivity contribution in [3.05, 3.63) is 0 Å². The molecule has 2 aliphatic rings. The molecule has 0 spiro atoms. The molecule has 0 amide bonds. The summed E-state index contributed by atoms with van der Waals surface area (Å²) < 4.78 is 0. The fraction of sp³-hybridized carbons (Fsp3) is 0.938. The van der Waals surface area contributed by atoms with Gasteiger partial charge in [0.25, 0.3) is 0 Å². The number of hydrogen-bond acceptors (Lipinski definition) is 3. The molecule has 0 aromatic carbocycles. The zero-order chi connectivity index (χ0) is 13.9. The van der Waals surface area contributed by atoms with E-state index in [1.165, 1.54) is 6.42 Å². The minimum atomic E-state index is -0.744.